The normalized spacial score (nSPS) is 10.8. The molecule has 0 saturated heterocycles. The molecule has 1 heterocycles. The van der Waals surface area contributed by atoms with Crippen molar-refractivity contribution >= 4 is 12.1 Å². The molecule has 8 nitrogen and oxygen atoms in total. The number of carbonyl (C=O) groups excluding carboxylic acids is 1. The largest absolute Gasteiger partial charge is 0.497 e. The first-order valence-corrected chi connectivity index (χ1v) is 9.82. The van der Waals surface area contributed by atoms with Crippen LogP contribution < -0.4 is 14.9 Å². The van der Waals surface area contributed by atoms with Crippen LogP contribution in [0.25, 0.3) is 17.1 Å². The Labute approximate surface area is 185 Å². The van der Waals surface area contributed by atoms with E-state index in [4.69, 9.17) is 9.47 Å². The Bertz CT molecular complexity index is 1160. The number of benzene rings is 3. The number of amides is 1. The molecule has 4 rings (SSSR count). The summed E-state index contributed by atoms with van der Waals surface area (Å²) in [4.78, 5) is 17.2. The topological polar surface area (TPSA) is 90.6 Å². The van der Waals surface area contributed by atoms with Crippen molar-refractivity contribution in [2.75, 3.05) is 14.2 Å². The summed E-state index contributed by atoms with van der Waals surface area (Å²) < 4.78 is 12.1. The molecule has 0 unspecified atom stereocenters. The summed E-state index contributed by atoms with van der Waals surface area (Å²) in [7, 11) is 3.13. The quantitative estimate of drug-likeness (QED) is 0.359. The first kappa shape index (κ1) is 20.8. The number of rotatable bonds is 7. The van der Waals surface area contributed by atoms with Gasteiger partial charge in [0.25, 0.3) is 0 Å². The molecule has 0 aliphatic carbocycles. The third kappa shape index (κ3) is 4.65. The Kier molecular flexibility index (Phi) is 6.22. The number of carbonyl (C=O) groups is 1. The lowest BCUT2D eigenvalue weighted by Gasteiger charge is -2.05. The zero-order valence-corrected chi connectivity index (χ0v) is 17.6. The minimum absolute atomic E-state index is 0.00748. The minimum atomic E-state index is -0.525. The summed E-state index contributed by atoms with van der Waals surface area (Å²) in [6, 6.07) is 24.4. The van der Waals surface area contributed by atoms with Crippen molar-refractivity contribution in [1.82, 2.24) is 20.2 Å². The highest BCUT2D eigenvalue weighted by atomic mass is 16.5. The Morgan fingerprint density at radius 1 is 0.938 bits per heavy atom. The van der Waals surface area contributed by atoms with Gasteiger partial charge in [-0.15, -0.1) is 5.10 Å². The maximum Gasteiger partial charge on any atom is 0.311 e. The molecule has 0 aliphatic rings. The molecule has 3 aromatic carbocycles. The van der Waals surface area contributed by atoms with Gasteiger partial charge in [-0.25, -0.2) is 15.1 Å². The highest BCUT2D eigenvalue weighted by molar-refractivity contribution is 5.92. The molecule has 0 spiro atoms. The van der Waals surface area contributed by atoms with E-state index in [1.54, 1.807) is 37.1 Å². The molecule has 0 fully saturated rings. The third-order valence-corrected chi connectivity index (χ3v) is 4.60. The molecule has 1 aromatic heterocycles. The number of aromatic nitrogens is 3. The summed E-state index contributed by atoms with van der Waals surface area (Å²) >= 11 is 0. The van der Waals surface area contributed by atoms with Crippen LogP contribution in [-0.4, -0.2) is 41.1 Å². The van der Waals surface area contributed by atoms with E-state index in [9.17, 15) is 4.79 Å². The van der Waals surface area contributed by atoms with Crippen molar-refractivity contribution in [2.45, 2.75) is 0 Å². The van der Waals surface area contributed by atoms with Crippen molar-refractivity contribution in [1.29, 1.82) is 0 Å². The van der Waals surface area contributed by atoms with Gasteiger partial charge in [-0.1, -0.05) is 48.5 Å². The molecule has 4 aromatic rings. The van der Waals surface area contributed by atoms with Crippen molar-refractivity contribution in [2.24, 2.45) is 5.10 Å². The van der Waals surface area contributed by atoms with Crippen molar-refractivity contribution in [3.8, 4) is 28.6 Å². The van der Waals surface area contributed by atoms with Gasteiger partial charge in [-0.05, 0) is 24.3 Å². The van der Waals surface area contributed by atoms with Crippen LogP contribution in [-0.2, 0) is 0 Å². The van der Waals surface area contributed by atoms with E-state index in [0.29, 0.717) is 22.9 Å². The van der Waals surface area contributed by atoms with Crippen LogP contribution in [0.3, 0.4) is 0 Å². The second kappa shape index (κ2) is 9.57. The molecule has 1 N–H and O–H groups in total. The number of hydrogen-bond acceptors (Lipinski definition) is 6. The van der Waals surface area contributed by atoms with Gasteiger partial charge in [0.05, 0.1) is 26.1 Å². The van der Waals surface area contributed by atoms with Gasteiger partial charge < -0.3 is 9.47 Å². The number of methoxy groups -OCH3 is 2. The average molecular weight is 427 g/mol. The van der Waals surface area contributed by atoms with E-state index in [0.717, 1.165) is 11.3 Å². The fraction of sp³-hybridized carbons (Fsp3) is 0.0833. The highest BCUT2D eigenvalue weighted by Crippen LogP contribution is 2.22. The number of para-hydroxylation sites is 1. The van der Waals surface area contributed by atoms with E-state index < -0.39 is 5.91 Å². The van der Waals surface area contributed by atoms with Gasteiger partial charge in [-0.2, -0.15) is 5.10 Å². The number of nitrogens with one attached hydrogen (secondary N) is 1. The molecule has 0 aliphatic heterocycles. The van der Waals surface area contributed by atoms with E-state index in [1.807, 2.05) is 60.7 Å². The second-order valence-electron chi connectivity index (χ2n) is 6.72. The van der Waals surface area contributed by atoms with E-state index >= 15 is 0 Å². The maximum absolute atomic E-state index is 12.7. The maximum atomic E-state index is 12.7. The molecule has 160 valence electrons. The van der Waals surface area contributed by atoms with Crippen molar-refractivity contribution in [3.05, 3.63) is 90.3 Å². The van der Waals surface area contributed by atoms with Crippen LogP contribution in [0.1, 0.15) is 16.2 Å². The van der Waals surface area contributed by atoms with Crippen molar-refractivity contribution in [3.63, 3.8) is 0 Å². The number of nitrogens with zero attached hydrogens (tertiary/aromatic N) is 4. The lowest BCUT2D eigenvalue weighted by atomic mass is 10.2. The van der Waals surface area contributed by atoms with Crippen molar-refractivity contribution < 1.29 is 14.3 Å². The van der Waals surface area contributed by atoms with Gasteiger partial charge in [0.1, 0.15) is 11.5 Å². The summed E-state index contributed by atoms with van der Waals surface area (Å²) in [5.74, 6) is 1.28. The van der Waals surface area contributed by atoms with Crippen LogP contribution in [0.15, 0.2) is 84.0 Å². The molecule has 32 heavy (non-hydrogen) atoms. The van der Waals surface area contributed by atoms with Gasteiger partial charge in [0, 0.05) is 17.2 Å². The summed E-state index contributed by atoms with van der Waals surface area (Å²) in [5.41, 5.74) is 4.82. The molecule has 0 radical (unpaired) electrons. The lowest BCUT2D eigenvalue weighted by Crippen LogP contribution is -2.19. The molecular formula is C24H21N5O3. The SMILES string of the molecule is COc1cc(/C=N/NC(=O)c2nc(-c3ccccc3)n(-c3ccccc3)n2)cc(OC)c1. The lowest BCUT2D eigenvalue weighted by molar-refractivity contribution is 0.0945. The van der Waals surface area contributed by atoms with Crippen LogP contribution in [0.4, 0.5) is 0 Å². The fourth-order valence-electron chi connectivity index (χ4n) is 3.05. The molecule has 0 bridgehead atoms. The van der Waals surface area contributed by atoms with Gasteiger partial charge in [0.15, 0.2) is 5.82 Å². The molecule has 0 atom stereocenters. The first-order chi connectivity index (χ1) is 15.7. The Morgan fingerprint density at radius 3 is 2.19 bits per heavy atom. The van der Waals surface area contributed by atoms with E-state index in [1.165, 1.54) is 6.21 Å². The van der Waals surface area contributed by atoms with Gasteiger partial charge >= 0.3 is 5.91 Å². The fourth-order valence-corrected chi connectivity index (χ4v) is 3.05. The Hall–Kier alpha value is -4.46. The average Bonchev–Trinajstić information content (AvgIpc) is 3.30. The van der Waals surface area contributed by atoms with Crippen LogP contribution in [0.5, 0.6) is 11.5 Å². The van der Waals surface area contributed by atoms with Crippen LogP contribution in [0.2, 0.25) is 0 Å². The Morgan fingerprint density at radius 2 is 1.56 bits per heavy atom. The van der Waals surface area contributed by atoms with E-state index in [2.05, 4.69) is 20.6 Å². The number of ether oxygens (including phenoxy) is 2. The zero-order chi connectivity index (χ0) is 22.3. The smallest absolute Gasteiger partial charge is 0.311 e. The Balaban J connectivity index is 1.59. The third-order valence-electron chi connectivity index (χ3n) is 4.60. The first-order valence-electron chi connectivity index (χ1n) is 9.82. The van der Waals surface area contributed by atoms with Crippen LogP contribution in [0, 0.1) is 0 Å². The second-order valence-corrected chi connectivity index (χ2v) is 6.72. The number of hydrogen-bond donors (Lipinski definition) is 1. The summed E-state index contributed by atoms with van der Waals surface area (Å²) in [5, 5.41) is 8.45. The molecule has 8 heteroatoms. The summed E-state index contributed by atoms with van der Waals surface area (Å²) in [6.45, 7) is 0. The monoisotopic (exact) mass is 427 g/mol. The van der Waals surface area contributed by atoms with E-state index in [-0.39, 0.29) is 5.82 Å². The molecular weight excluding hydrogens is 406 g/mol. The minimum Gasteiger partial charge on any atom is -0.497 e. The van der Waals surface area contributed by atoms with Gasteiger partial charge in [-0.3, -0.25) is 4.79 Å². The van der Waals surface area contributed by atoms with Crippen LogP contribution >= 0.6 is 0 Å². The van der Waals surface area contributed by atoms with Gasteiger partial charge in [0.2, 0.25) is 5.82 Å². The summed E-state index contributed by atoms with van der Waals surface area (Å²) in [6.07, 6.45) is 1.50. The molecule has 1 amide bonds. The zero-order valence-electron chi connectivity index (χ0n) is 17.6. The predicted molar refractivity (Wildman–Crippen MR) is 121 cm³/mol. The highest BCUT2D eigenvalue weighted by Gasteiger charge is 2.18. The predicted octanol–water partition coefficient (Wildman–Crippen LogP) is 3.72. The standard InChI is InChI=1S/C24H21N5O3/c1-31-20-13-17(14-21(15-20)32-2)16-25-27-24(30)22-26-23(18-9-5-3-6-10-18)29(28-22)19-11-7-4-8-12-19/h3-16H,1-2H3,(H,27,30)/b25-16+. The number of hydrazone groups is 1. The molecule has 0 saturated carbocycles.